The van der Waals surface area contributed by atoms with E-state index < -0.39 is 16.1 Å². The lowest BCUT2D eigenvalue weighted by Gasteiger charge is -2.17. The summed E-state index contributed by atoms with van der Waals surface area (Å²) in [6.07, 6.45) is 1.57. The predicted octanol–water partition coefficient (Wildman–Crippen LogP) is 3.65. The van der Waals surface area contributed by atoms with Gasteiger partial charge in [-0.15, -0.1) is 0 Å². The van der Waals surface area contributed by atoms with Crippen molar-refractivity contribution in [1.82, 2.24) is 4.72 Å². The average molecular weight is 331 g/mol. The predicted molar refractivity (Wildman–Crippen MR) is 93.7 cm³/mol. The summed E-state index contributed by atoms with van der Waals surface area (Å²) in [5.74, 6) is 0.665. The van der Waals surface area contributed by atoms with Crippen molar-refractivity contribution >= 4 is 16.1 Å². The molecule has 0 aromatic heterocycles. The number of methoxy groups -OCH3 is 1. The van der Waals surface area contributed by atoms with E-state index in [0.29, 0.717) is 5.75 Å². The molecule has 2 aromatic carbocycles. The molecule has 23 heavy (non-hydrogen) atoms. The third-order valence-electron chi connectivity index (χ3n) is 3.43. The van der Waals surface area contributed by atoms with E-state index in [1.165, 1.54) is 5.41 Å². The number of hydrogen-bond donors (Lipinski definition) is 1. The molecule has 0 radical (unpaired) electrons. The quantitative estimate of drug-likeness (QED) is 0.879. The summed E-state index contributed by atoms with van der Waals surface area (Å²) in [6, 6.07) is 14.6. The Morgan fingerprint density at radius 2 is 1.83 bits per heavy atom. The SMILES string of the molecule is COc1ccc(C)cc1C(C)NS(=O)(=O)/C=C/c1ccccc1. The molecular weight excluding hydrogens is 310 g/mol. The minimum absolute atomic E-state index is 0.393. The zero-order valence-corrected chi connectivity index (χ0v) is 14.3. The largest absolute Gasteiger partial charge is 0.496 e. The Kier molecular flexibility index (Phi) is 5.58. The summed E-state index contributed by atoms with van der Waals surface area (Å²) in [4.78, 5) is 0. The highest BCUT2D eigenvalue weighted by Crippen LogP contribution is 2.26. The van der Waals surface area contributed by atoms with Crippen LogP contribution < -0.4 is 9.46 Å². The Balaban J connectivity index is 2.17. The molecule has 0 heterocycles. The molecule has 0 bridgehead atoms. The molecule has 0 aliphatic rings. The van der Waals surface area contributed by atoms with Crippen LogP contribution in [0.4, 0.5) is 0 Å². The summed E-state index contributed by atoms with van der Waals surface area (Å²) in [5, 5.41) is 1.18. The molecule has 1 unspecified atom stereocenters. The zero-order valence-electron chi connectivity index (χ0n) is 13.5. The number of aryl methyl sites for hydroxylation is 1. The lowest BCUT2D eigenvalue weighted by Crippen LogP contribution is -2.25. The summed E-state index contributed by atoms with van der Waals surface area (Å²) in [5.41, 5.74) is 2.69. The summed E-state index contributed by atoms with van der Waals surface area (Å²) >= 11 is 0. The lowest BCUT2D eigenvalue weighted by molar-refractivity contribution is 0.405. The van der Waals surface area contributed by atoms with Gasteiger partial charge in [-0.1, -0.05) is 48.0 Å². The van der Waals surface area contributed by atoms with Crippen molar-refractivity contribution in [2.45, 2.75) is 19.9 Å². The number of nitrogens with one attached hydrogen (secondary N) is 1. The highest BCUT2D eigenvalue weighted by molar-refractivity contribution is 7.92. The van der Waals surface area contributed by atoms with E-state index in [-0.39, 0.29) is 0 Å². The lowest BCUT2D eigenvalue weighted by atomic mass is 10.1. The number of hydrogen-bond acceptors (Lipinski definition) is 3. The van der Waals surface area contributed by atoms with E-state index in [1.54, 1.807) is 20.1 Å². The fourth-order valence-electron chi connectivity index (χ4n) is 2.27. The van der Waals surface area contributed by atoms with E-state index in [1.807, 2.05) is 55.5 Å². The molecule has 0 aliphatic heterocycles. The van der Waals surface area contributed by atoms with Gasteiger partial charge in [0.05, 0.1) is 7.11 Å². The Morgan fingerprint density at radius 3 is 2.48 bits per heavy atom. The topological polar surface area (TPSA) is 55.4 Å². The van der Waals surface area contributed by atoms with Crippen LogP contribution in [0.2, 0.25) is 0 Å². The van der Waals surface area contributed by atoms with Crippen LogP contribution in [-0.2, 0) is 10.0 Å². The van der Waals surface area contributed by atoms with Crippen LogP contribution in [0.25, 0.3) is 6.08 Å². The van der Waals surface area contributed by atoms with Gasteiger partial charge in [0.15, 0.2) is 0 Å². The Labute approximate surface area is 137 Å². The first-order valence-electron chi connectivity index (χ1n) is 7.31. The Morgan fingerprint density at radius 1 is 1.13 bits per heavy atom. The first kappa shape index (κ1) is 17.2. The number of sulfonamides is 1. The Hall–Kier alpha value is -2.11. The van der Waals surface area contributed by atoms with Gasteiger partial charge in [0.2, 0.25) is 10.0 Å². The number of rotatable bonds is 6. The van der Waals surface area contributed by atoms with Gasteiger partial charge >= 0.3 is 0 Å². The van der Waals surface area contributed by atoms with E-state index in [9.17, 15) is 8.42 Å². The molecule has 0 aliphatic carbocycles. The smallest absolute Gasteiger partial charge is 0.234 e. The van der Waals surface area contributed by atoms with Gasteiger partial charge in [-0.3, -0.25) is 0 Å². The maximum Gasteiger partial charge on any atom is 0.234 e. The van der Waals surface area contributed by atoms with E-state index >= 15 is 0 Å². The molecule has 1 N–H and O–H groups in total. The van der Waals surface area contributed by atoms with Crippen LogP contribution in [0.1, 0.15) is 29.7 Å². The highest BCUT2D eigenvalue weighted by atomic mass is 32.2. The number of ether oxygens (including phenoxy) is 1. The first-order chi connectivity index (χ1) is 10.9. The molecule has 2 rings (SSSR count). The second-order valence-corrected chi connectivity index (χ2v) is 6.94. The number of benzene rings is 2. The van der Waals surface area contributed by atoms with Crippen molar-refractivity contribution in [3.8, 4) is 5.75 Å². The van der Waals surface area contributed by atoms with Gasteiger partial charge in [0.25, 0.3) is 0 Å². The molecular formula is C18H21NO3S. The molecule has 5 heteroatoms. The molecule has 0 amide bonds. The molecule has 122 valence electrons. The minimum Gasteiger partial charge on any atom is -0.496 e. The zero-order chi connectivity index (χ0) is 16.9. The van der Waals surface area contributed by atoms with Crippen LogP contribution in [0.15, 0.2) is 53.9 Å². The average Bonchev–Trinajstić information content (AvgIpc) is 2.53. The fraction of sp³-hybridized carbons (Fsp3) is 0.222. The van der Waals surface area contributed by atoms with Crippen molar-refractivity contribution in [1.29, 1.82) is 0 Å². The molecule has 2 aromatic rings. The third-order valence-corrected chi connectivity index (χ3v) is 4.61. The van der Waals surface area contributed by atoms with Gasteiger partial charge in [0.1, 0.15) is 5.75 Å². The van der Waals surface area contributed by atoms with Gasteiger partial charge in [-0.2, -0.15) is 0 Å². The van der Waals surface area contributed by atoms with Crippen molar-refractivity contribution < 1.29 is 13.2 Å². The maximum absolute atomic E-state index is 12.2. The van der Waals surface area contributed by atoms with Crippen molar-refractivity contribution in [2.24, 2.45) is 0 Å². The van der Waals surface area contributed by atoms with E-state index in [0.717, 1.165) is 16.7 Å². The van der Waals surface area contributed by atoms with Gasteiger partial charge < -0.3 is 4.74 Å². The monoisotopic (exact) mass is 331 g/mol. The van der Waals surface area contributed by atoms with Crippen LogP contribution in [0.3, 0.4) is 0 Å². The third kappa shape index (κ3) is 4.94. The molecule has 0 saturated carbocycles. The van der Waals surface area contributed by atoms with Gasteiger partial charge in [-0.25, -0.2) is 13.1 Å². The molecule has 1 atom stereocenters. The highest BCUT2D eigenvalue weighted by Gasteiger charge is 2.16. The maximum atomic E-state index is 12.2. The van der Waals surface area contributed by atoms with Crippen LogP contribution in [0, 0.1) is 6.92 Å². The van der Waals surface area contributed by atoms with E-state index in [4.69, 9.17) is 4.74 Å². The van der Waals surface area contributed by atoms with Crippen LogP contribution in [-0.4, -0.2) is 15.5 Å². The minimum atomic E-state index is -3.55. The normalized spacial score (nSPS) is 13.2. The van der Waals surface area contributed by atoms with Gasteiger partial charge in [-0.05, 0) is 31.6 Å². The van der Waals surface area contributed by atoms with Crippen molar-refractivity contribution in [3.63, 3.8) is 0 Å². The fourth-order valence-corrected chi connectivity index (χ4v) is 3.31. The molecule has 0 fully saturated rings. The Bertz CT molecular complexity index is 783. The van der Waals surface area contributed by atoms with Gasteiger partial charge in [0, 0.05) is 17.0 Å². The second-order valence-electron chi connectivity index (χ2n) is 5.34. The summed E-state index contributed by atoms with van der Waals surface area (Å²) < 4.78 is 32.4. The molecule has 0 saturated heterocycles. The standard InChI is InChI=1S/C18H21NO3S/c1-14-9-10-18(22-3)17(13-14)15(2)19-23(20,21)12-11-16-7-5-4-6-8-16/h4-13,15,19H,1-3H3/b12-11+. The molecule has 0 spiro atoms. The first-order valence-corrected chi connectivity index (χ1v) is 8.86. The summed E-state index contributed by atoms with van der Waals surface area (Å²) in [6.45, 7) is 3.75. The van der Waals surface area contributed by atoms with Crippen LogP contribution in [0.5, 0.6) is 5.75 Å². The van der Waals surface area contributed by atoms with Crippen molar-refractivity contribution in [3.05, 3.63) is 70.6 Å². The van der Waals surface area contributed by atoms with E-state index in [2.05, 4.69) is 4.72 Å². The summed E-state index contributed by atoms with van der Waals surface area (Å²) in [7, 11) is -1.98. The van der Waals surface area contributed by atoms with Crippen LogP contribution >= 0.6 is 0 Å². The molecule has 4 nitrogen and oxygen atoms in total. The second kappa shape index (κ2) is 7.44. The van der Waals surface area contributed by atoms with Crippen molar-refractivity contribution in [2.75, 3.05) is 7.11 Å².